The van der Waals surface area contributed by atoms with Gasteiger partial charge in [-0.15, -0.1) is 0 Å². The number of rotatable bonds is 1. The highest BCUT2D eigenvalue weighted by molar-refractivity contribution is 6.08. The third-order valence-electron chi connectivity index (χ3n) is 6.26. The monoisotopic (exact) mass is 398 g/mol. The zero-order valence-corrected chi connectivity index (χ0v) is 15.7. The summed E-state index contributed by atoms with van der Waals surface area (Å²) in [5.74, 6) is -0.970. The van der Waals surface area contributed by atoms with E-state index in [4.69, 9.17) is 0 Å². The minimum absolute atomic E-state index is 0.161. The molecule has 1 aliphatic heterocycles. The highest BCUT2D eigenvalue weighted by atomic mass is 19.1. The third-order valence-corrected chi connectivity index (χ3v) is 6.26. The fourth-order valence-electron chi connectivity index (χ4n) is 4.83. The maximum Gasteiger partial charge on any atom is 0.266 e. The number of fused-ring (bicyclic) bond motifs is 5. The number of alkyl halides is 1. The molecule has 146 valence electrons. The van der Waals surface area contributed by atoms with Crippen LogP contribution in [0.25, 0.3) is 16.6 Å². The van der Waals surface area contributed by atoms with E-state index in [2.05, 4.69) is 4.98 Å². The summed E-state index contributed by atoms with van der Waals surface area (Å²) in [4.78, 5) is 31.0. The highest BCUT2D eigenvalue weighted by Gasteiger charge is 2.66. The number of para-hydroxylation sites is 2. The first-order chi connectivity index (χ1) is 14.5. The Bertz CT molecular complexity index is 1460. The van der Waals surface area contributed by atoms with Crippen molar-refractivity contribution in [3.8, 4) is 5.69 Å². The van der Waals surface area contributed by atoms with Crippen molar-refractivity contribution in [2.75, 3.05) is 0 Å². The predicted octanol–water partition coefficient (Wildman–Crippen LogP) is 3.08. The van der Waals surface area contributed by atoms with E-state index in [9.17, 15) is 14.7 Å². The Morgan fingerprint density at radius 2 is 1.63 bits per heavy atom. The van der Waals surface area contributed by atoms with E-state index < -0.39 is 22.6 Å². The molecule has 0 fully saturated rings. The quantitative estimate of drug-likeness (QED) is 0.535. The molecule has 1 N–H and O–H groups in total. The summed E-state index contributed by atoms with van der Waals surface area (Å²) in [7, 11) is 0. The van der Waals surface area contributed by atoms with Crippen LogP contribution in [-0.4, -0.2) is 26.1 Å². The lowest BCUT2D eigenvalue weighted by atomic mass is 9.76. The van der Waals surface area contributed by atoms with Gasteiger partial charge in [0.15, 0.2) is 11.4 Å². The lowest BCUT2D eigenvalue weighted by Crippen LogP contribution is -2.53. The fourth-order valence-corrected chi connectivity index (χ4v) is 4.83. The Morgan fingerprint density at radius 3 is 2.47 bits per heavy atom. The van der Waals surface area contributed by atoms with Crippen molar-refractivity contribution in [3.63, 3.8) is 0 Å². The smallest absolute Gasteiger partial charge is 0.266 e. The molecule has 2 atom stereocenters. The number of carbonyl (C=O) groups excluding carboxylic acids is 1. The number of Topliss-reactive ketones (excluding diaryl/α,β-unsaturated/α-hetero) is 1. The van der Waals surface area contributed by atoms with Crippen LogP contribution in [0.1, 0.15) is 27.3 Å². The maximum absolute atomic E-state index is 16.7. The number of hydrogen-bond acceptors (Lipinski definition) is 4. The third kappa shape index (κ3) is 1.82. The Hall–Kier alpha value is -3.64. The van der Waals surface area contributed by atoms with Gasteiger partial charge < -0.3 is 5.11 Å². The van der Waals surface area contributed by atoms with Crippen LogP contribution in [0.15, 0.2) is 77.6 Å². The molecule has 2 heterocycles. The normalized spacial score (nSPS) is 24.0. The van der Waals surface area contributed by atoms with Crippen LogP contribution < -0.4 is 5.56 Å². The van der Waals surface area contributed by atoms with E-state index in [1.807, 2.05) is 0 Å². The van der Waals surface area contributed by atoms with E-state index in [1.165, 1.54) is 4.57 Å². The molecule has 3 aromatic carbocycles. The highest BCUT2D eigenvalue weighted by Crippen LogP contribution is 2.53. The van der Waals surface area contributed by atoms with Crippen LogP contribution >= 0.6 is 0 Å². The SMILES string of the molecule is O=C1c2ccccc2C[C@]1(F)[C@@]1(O)c2ccccc2-n2c1nc1ccccc1c2=O. The number of halogens is 1. The minimum atomic E-state index is -2.69. The Balaban J connectivity index is 1.73. The Labute approximate surface area is 170 Å². The summed E-state index contributed by atoms with van der Waals surface area (Å²) >= 11 is 0. The van der Waals surface area contributed by atoms with Gasteiger partial charge in [-0.2, -0.15) is 0 Å². The van der Waals surface area contributed by atoms with Crippen molar-refractivity contribution in [2.24, 2.45) is 0 Å². The predicted molar refractivity (Wildman–Crippen MR) is 109 cm³/mol. The average molecular weight is 398 g/mol. The Kier molecular flexibility index (Phi) is 3.15. The van der Waals surface area contributed by atoms with Gasteiger partial charge in [-0.1, -0.05) is 54.6 Å². The summed E-state index contributed by atoms with van der Waals surface area (Å²) in [5, 5.41) is 12.3. The molecule has 6 heteroatoms. The van der Waals surface area contributed by atoms with Gasteiger partial charge in [0.25, 0.3) is 5.56 Å². The van der Waals surface area contributed by atoms with Crippen LogP contribution in [0.4, 0.5) is 4.39 Å². The number of benzene rings is 3. The van der Waals surface area contributed by atoms with Crippen molar-refractivity contribution in [3.05, 3.63) is 106 Å². The van der Waals surface area contributed by atoms with Crippen molar-refractivity contribution < 1.29 is 14.3 Å². The van der Waals surface area contributed by atoms with Gasteiger partial charge in [-0.05, 0) is 23.8 Å². The first-order valence-corrected chi connectivity index (χ1v) is 9.63. The van der Waals surface area contributed by atoms with Crippen molar-refractivity contribution in [1.29, 1.82) is 0 Å². The number of ketones is 1. The molecule has 6 rings (SSSR count). The van der Waals surface area contributed by atoms with E-state index in [0.29, 0.717) is 22.2 Å². The zero-order chi connectivity index (χ0) is 20.7. The molecule has 4 aromatic rings. The molecule has 0 unspecified atom stereocenters. The van der Waals surface area contributed by atoms with Crippen LogP contribution in [0.2, 0.25) is 0 Å². The second kappa shape index (κ2) is 5.49. The summed E-state index contributed by atoms with van der Waals surface area (Å²) in [5.41, 5.74) is -3.90. The molecule has 0 amide bonds. The number of aliphatic hydroxyl groups is 1. The van der Waals surface area contributed by atoms with Crippen molar-refractivity contribution >= 4 is 16.7 Å². The second-order valence-electron chi connectivity index (χ2n) is 7.78. The van der Waals surface area contributed by atoms with Gasteiger partial charge >= 0.3 is 0 Å². The van der Waals surface area contributed by atoms with Crippen molar-refractivity contribution in [1.82, 2.24) is 9.55 Å². The molecule has 0 spiro atoms. The first-order valence-electron chi connectivity index (χ1n) is 9.63. The van der Waals surface area contributed by atoms with Crippen LogP contribution in [0, 0.1) is 0 Å². The molecular weight excluding hydrogens is 383 g/mol. The topological polar surface area (TPSA) is 72.2 Å². The summed E-state index contributed by atoms with van der Waals surface area (Å²) < 4.78 is 18.0. The first kappa shape index (κ1) is 17.2. The Morgan fingerprint density at radius 1 is 0.933 bits per heavy atom. The summed E-state index contributed by atoms with van der Waals surface area (Å²) in [6.07, 6.45) is -0.296. The molecule has 2 aliphatic rings. The zero-order valence-electron chi connectivity index (χ0n) is 15.7. The van der Waals surface area contributed by atoms with E-state index in [-0.39, 0.29) is 23.4 Å². The van der Waals surface area contributed by atoms with Gasteiger partial charge in [-0.3, -0.25) is 14.2 Å². The minimum Gasteiger partial charge on any atom is -0.374 e. The van der Waals surface area contributed by atoms with Gasteiger partial charge in [0.1, 0.15) is 0 Å². The number of carbonyl (C=O) groups is 1. The van der Waals surface area contributed by atoms with E-state index in [0.717, 1.165) is 0 Å². The summed E-state index contributed by atoms with van der Waals surface area (Å²) in [6.45, 7) is 0. The molecule has 0 radical (unpaired) electrons. The number of aromatic nitrogens is 2. The standard InChI is InChI=1S/C24H15FN2O3/c25-23(13-14-7-1-2-8-15(14)20(23)28)24(30)17-10-4-6-12-19(17)27-21(29)16-9-3-5-11-18(16)26-22(24)27/h1-12,30H,13H2/t23-,24-/m1/s1. The number of nitrogens with zero attached hydrogens (tertiary/aromatic N) is 2. The molecule has 0 bridgehead atoms. The molecule has 1 aliphatic carbocycles. The second-order valence-corrected chi connectivity index (χ2v) is 7.78. The largest absolute Gasteiger partial charge is 0.374 e. The van der Waals surface area contributed by atoms with Crippen LogP contribution in [-0.2, 0) is 12.0 Å². The maximum atomic E-state index is 16.7. The molecular formula is C24H15FN2O3. The fraction of sp³-hybridized carbons (Fsp3) is 0.125. The molecule has 1 aromatic heterocycles. The molecule has 30 heavy (non-hydrogen) atoms. The van der Waals surface area contributed by atoms with Crippen LogP contribution in [0.3, 0.4) is 0 Å². The van der Waals surface area contributed by atoms with Gasteiger partial charge in [0.05, 0.1) is 16.6 Å². The molecule has 5 nitrogen and oxygen atoms in total. The van der Waals surface area contributed by atoms with Gasteiger partial charge in [0.2, 0.25) is 11.5 Å². The molecule has 0 saturated carbocycles. The van der Waals surface area contributed by atoms with Gasteiger partial charge in [0, 0.05) is 17.5 Å². The lowest BCUT2D eigenvalue weighted by Gasteiger charge is -2.34. The van der Waals surface area contributed by atoms with Gasteiger partial charge in [-0.25, -0.2) is 9.37 Å². The van der Waals surface area contributed by atoms with E-state index in [1.54, 1.807) is 72.8 Å². The van der Waals surface area contributed by atoms with Crippen molar-refractivity contribution in [2.45, 2.75) is 17.7 Å². The average Bonchev–Trinajstić information content (AvgIpc) is 3.19. The summed E-state index contributed by atoms with van der Waals surface area (Å²) in [6, 6.07) is 19.9. The lowest BCUT2D eigenvalue weighted by molar-refractivity contribution is -0.0572. The van der Waals surface area contributed by atoms with Crippen LogP contribution in [0.5, 0.6) is 0 Å². The number of hydrogen-bond donors (Lipinski definition) is 1. The van der Waals surface area contributed by atoms with E-state index >= 15 is 4.39 Å². The molecule has 0 saturated heterocycles.